The molecule has 0 radical (unpaired) electrons. The Hall–Kier alpha value is -2.08. The topological polar surface area (TPSA) is 0 Å². The fourth-order valence-electron chi connectivity index (χ4n) is 2.99. The monoisotopic (exact) mass is 258 g/mol. The lowest BCUT2D eigenvalue weighted by Gasteiger charge is -2.07. The molecule has 0 saturated heterocycles. The predicted molar refractivity (Wildman–Crippen MR) is 85.2 cm³/mol. The maximum Gasteiger partial charge on any atom is -0.00196 e. The molecule has 0 bridgehead atoms. The smallest absolute Gasteiger partial charge is 0.00196 e. The van der Waals surface area contributed by atoms with E-state index in [1.54, 1.807) is 0 Å². The Balaban J connectivity index is 1.66. The Morgan fingerprint density at radius 1 is 0.750 bits per heavy atom. The highest BCUT2D eigenvalue weighted by molar-refractivity contribution is 5.85. The summed E-state index contributed by atoms with van der Waals surface area (Å²) >= 11 is 0. The first kappa shape index (κ1) is 11.7. The van der Waals surface area contributed by atoms with E-state index < -0.39 is 0 Å². The van der Waals surface area contributed by atoms with Crippen molar-refractivity contribution in [3.8, 4) is 0 Å². The third kappa shape index (κ3) is 2.22. The van der Waals surface area contributed by atoms with Crippen LogP contribution in [0, 0.1) is 0 Å². The number of fused-ring (bicyclic) bond motifs is 1. The van der Waals surface area contributed by atoms with Gasteiger partial charge in [-0.05, 0) is 52.6 Å². The van der Waals surface area contributed by atoms with Crippen LogP contribution in [-0.2, 0) is 6.42 Å². The Bertz CT molecular complexity index is 728. The van der Waals surface area contributed by atoms with Crippen LogP contribution >= 0.6 is 0 Å². The molecule has 0 spiro atoms. The van der Waals surface area contributed by atoms with E-state index in [1.807, 2.05) is 0 Å². The predicted octanol–water partition coefficient (Wildman–Crippen LogP) is 5.31. The van der Waals surface area contributed by atoms with E-state index in [0.717, 1.165) is 12.3 Å². The number of benzene rings is 3. The maximum atomic E-state index is 2.32. The van der Waals surface area contributed by atoms with Crippen LogP contribution < -0.4 is 0 Å². The van der Waals surface area contributed by atoms with Gasteiger partial charge in [-0.1, -0.05) is 66.7 Å². The van der Waals surface area contributed by atoms with Gasteiger partial charge in [0.05, 0.1) is 0 Å². The van der Waals surface area contributed by atoms with Gasteiger partial charge in [0.1, 0.15) is 0 Å². The summed E-state index contributed by atoms with van der Waals surface area (Å²) in [7, 11) is 0. The van der Waals surface area contributed by atoms with Crippen LogP contribution in [0.1, 0.15) is 35.4 Å². The van der Waals surface area contributed by atoms with Gasteiger partial charge in [-0.25, -0.2) is 0 Å². The largest absolute Gasteiger partial charge is 0.0616 e. The summed E-state index contributed by atoms with van der Waals surface area (Å²) in [5, 5.41) is 2.71. The fraction of sp³-hybridized carbons (Fsp3) is 0.200. The van der Waals surface area contributed by atoms with Crippen LogP contribution in [0.15, 0.2) is 66.7 Å². The van der Waals surface area contributed by atoms with Crippen LogP contribution in [0.3, 0.4) is 0 Å². The molecular formula is C20H18. The molecule has 4 rings (SSSR count). The summed E-state index contributed by atoms with van der Waals surface area (Å²) < 4.78 is 0. The van der Waals surface area contributed by atoms with Crippen LogP contribution in [0.5, 0.6) is 0 Å². The highest BCUT2D eigenvalue weighted by atomic mass is 14.3. The normalized spacial score (nSPS) is 14.6. The molecule has 3 aromatic carbocycles. The van der Waals surface area contributed by atoms with Crippen molar-refractivity contribution in [2.24, 2.45) is 0 Å². The second-order valence-corrected chi connectivity index (χ2v) is 5.83. The lowest BCUT2D eigenvalue weighted by molar-refractivity contribution is 1.11. The zero-order chi connectivity index (χ0) is 13.4. The van der Waals surface area contributed by atoms with Crippen molar-refractivity contribution >= 4 is 10.8 Å². The second kappa shape index (κ2) is 4.79. The first-order valence-electron chi connectivity index (χ1n) is 7.46. The molecule has 1 saturated carbocycles. The Morgan fingerprint density at radius 2 is 1.50 bits per heavy atom. The van der Waals surface area contributed by atoms with Gasteiger partial charge in [0, 0.05) is 0 Å². The van der Waals surface area contributed by atoms with Crippen molar-refractivity contribution in [3.63, 3.8) is 0 Å². The SMILES string of the molecule is c1ccc2c(Cc3ccc(C4CC4)cc3)cccc2c1. The van der Waals surface area contributed by atoms with Gasteiger partial charge in [-0.15, -0.1) is 0 Å². The lowest BCUT2D eigenvalue weighted by atomic mass is 9.97. The Kier molecular flexibility index (Phi) is 2.81. The minimum absolute atomic E-state index is 0.849. The molecule has 0 aromatic heterocycles. The summed E-state index contributed by atoms with van der Waals surface area (Å²) in [6, 6.07) is 24.5. The summed E-state index contributed by atoms with van der Waals surface area (Å²) in [5.41, 5.74) is 4.35. The van der Waals surface area contributed by atoms with E-state index in [9.17, 15) is 0 Å². The van der Waals surface area contributed by atoms with E-state index in [4.69, 9.17) is 0 Å². The zero-order valence-electron chi connectivity index (χ0n) is 11.5. The second-order valence-electron chi connectivity index (χ2n) is 5.83. The summed E-state index contributed by atoms with van der Waals surface area (Å²) in [6.45, 7) is 0. The average molecular weight is 258 g/mol. The molecule has 1 fully saturated rings. The van der Waals surface area contributed by atoms with E-state index in [0.29, 0.717) is 0 Å². The minimum Gasteiger partial charge on any atom is -0.0616 e. The van der Waals surface area contributed by atoms with Gasteiger partial charge >= 0.3 is 0 Å². The highest BCUT2D eigenvalue weighted by Gasteiger charge is 2.22. The summed E-state index contributed by atoms with van der Waals surface area (Å²) in [6.07, 6.45) is 3.78. The van der Waals surface area contributed by atoms with Crippen LogP contribution in [0.4, 0.5) is 0 Å². The highest BCUT2D eigenvalue weighted by Crippen LogP contribution is 2.40. The van der Waals surface area contributed by atoms with Crippen LogP contribution in [0.25, 0.3) is 10.8 Å². The van der Waals surface area contributed by atoms with Gasteiger partial charge in [-0.3, -0.25) is 0 Å². The van der Waals surface area contributed by atoms with Gasteiger partial charge in [0.15, 0.2) is 0 Å². The molecule has 0 N–H and O–H groups in total. The first-order valence-corrected chi connectivity index (χ1v) is 7.46. The molecule has 0 heterocycles. The third-order valence-corrected chi connectivity index (χ3v) is 4.30. The Morgan fingerprint density at radius 3 is 2.30 bits per heavy atom. The fourth-order valence-corrected chi connectivity index (χ4v) is 2.99. The molecule has 0 heteroatoms. The zero-order valence-corrected chi connectivity index (χ0v) is 11.5. The van der Waals surface area contributed by atoms with E-state index in [2.05, 4.69) is 66.7 Å². The molecule has 0 amide bonds. The molecule has 3 aromatic rings. The van der Waals surface area contributed by atoms with Crippen molar-refractivity contribution < 1.29 is 0 Å². The first-order chi connectivity index (χ1) is 9.90. The summed E-state index contributed by atoms with van der Waals surface area (Å²) in [5.74, 6) is 0.849. The van der Waals surface area contributed by atoms with Crippen molar-refractivity contribution in [3.05, 3.63) is 83.4 Å². The molecule has 1 aliphatic rings. The molecule has 0 nitrogen and oxygen atoms in total. The van der Waals surface area contributed by atoms with Crippen LogP contribution in [-0.4, -0.2) is 0 Å². The quantitative estimate of drug-likeness (QED) is 0.597. The van der Waals surface area contributed by atoms with Gasteiger partial charge in [0.25, 0.3) is 0 Å². The minimum atomic E-state index is 0.849. The van der Waals surface area contributed by atoms with Crippen molar-refractivity contribution in [1.29, 1.82) is 0 Å². The molecule has 0 atom stereocenters. The molecule has 20 heavy (non-hydrogen) atoms. The molecule has 98 valence electrons. The van der Waals surface area contributed by atoms with Crippen molar-refractivity contribution in [2.45, 2.75) is 25.2 Å². The summed E-state index contributed by atoms with van der Waals surface area (Å²) in [4.78, 5) is 0. The van der Waals surface area contributed by atoms with E-state index in [1.165, 1.54) is 40.3 Å². The number of hydrogen-bond acceptors (Lipinski definition) is 0. The van der Waals surface area contributed by atoms with Crippen LogP contribution in [0.2, 0.25) is 0 Å². The number of rotatable bonds is 3. The van der Waals surface area contributed by atoms with Gasteiger partial charge in [-0.2, -0.15) is 0 Å². The standard InChI is InChI=1S/C20H18/c1-2-7-20-18(4-1)5-3-6-19(20)14-15-8-10-16(11-9-15)17-12-13-17/h1-11,17H,12-14H2. The molecule has 0 aliphatic heterocycles. The molecule has 1 aliphatic carbocycles. The van der Waals surface area contributed by atoms with Crippen molar-refractivity contribution in [1.82, 2.24) is 0 Å². The van der Waals surface area contributed by atoms with Crippen molar-refractivity contribution in [2.75, 3.05) is 0 Å². The lowest BCUT2D eigenvalue weighted by Crippen LogP contribution is -1.90. The van der Waals surface area contributed by atoms with E-state index >= 15 is 0 Å². The molecular weight excluding hydrogens is 240 g/mol. The van der Waals surface area contributed by atoms with Gasteiger partial charge < -0.3 is 0 Å². The molecule has 0 unspecified atom stereocenters. The van der Waals surface area contributed by atoms with Gasteiger partial charge in [0.2, 0.25) is 0 Å². The maximum absolute atomic E-state index is 2.32. The number of hydrogen-bond donors (Lipinski definition) is 0. The average Bonchev–Trinajstić information content (AvgIpc) is 3.33. The third-order valence-electron chi connectivity index (χ3n) is 4.30. The van der Waals surface area contributed by atoms with E-state index in [-0.39, 0.29) is 0 Å². The Labute approximate surface area is 120 Å².